The van der Waals surface area contributed by atoms with Crippen molar-refractivity contribution in [2.24, 2.45) is 0 Å². The van der Waals surface area contributed by atoms with Crippen LogP contribution < -0.4 is 9.80 Å². The third kappa shape index (κ3) is 6.38. The lowest BCUT2D eigenvalue weighted by molar-refractivity contribution is 1.12. The van der Waals surface area contributed by atoms with Crippen molar-refractivity contribution in [3.63, 3.8) is 0 Å². The normalized spacial score (nSPS) is 11.0. The molecule has 0 atom stereocenters. The zero-order valence-corrected chi connectivity index (χ0v) is 25.2. The molecule has 0 aliphatic carbocycles. The molecule has 208 valence electrons. The van der Waals surface area contributed by atoms with Crippen LogP contribution in [0.15, 0.2) is 115 Å². The number of hydrogen-bond donors (Lipinski definition) is 0. The van der Waals surface area contributed by atoms with Crippen molar-refractivity contribution in [1.82, 2.24) is 0 Å². The Morgan fingerprint density at radius 2 is 0.756 bits per heavy atom. The highest BCUT2D eigenvalue weighted by atomic mass is 15.2. The van der Waals surface area contributed by atoms with Gasteiger partial charge in [0.25, 0.3) is 0 Å². The Morgan fingerprint density at radius 1 is 0.366 bits per heavy atom. The summed E-state index contributed by atoms with van der Waals surface area (Å²) in [5.74, 6) is 0. The maximum absolute atomic E-state index is 2.41. The van der Waals surface area contributed by atoms with Gasteiger partial charge in [0.15, 0.2) is 0 Å². The third-order valence-corrected chi connectivity index (χ3v) is 7.92. The zero-order chi connectivity index (χ0) is 28.8. The number of aryl methyl sites for hydroxylation is 5. The van der Waals surface area contributed by atoms with Gasteiger partial charge in [0, 0.05) is 34.1 Å². The van der Waals surface area contributed by atoms with Crippen LogP contribution in [0.1, 0.15) is 55.5 Å². The number of nitrogens with zero attached hydrogens (tertiary/aromatic N) is 2. The largest absolute Gasteiger partial charge is 0.310 e. The summed E-state index contributed by atoms with van der Waals surface area (Å²) in [6.45, 7) is 11.1. The summed E-state index contributed by atoms with van der Waals surface area (Å²) in [7, 11) is 0. The van der Waals surface area contributed by atoms with Gasteiger partial charge in [0.1, 0.15) is 0 Å². The van der Waals surface area contributed by atoms with E-state index in [2.05, 4.69) is 160 Å². The molecule has 0 aliphatic rings. The Hall–Kier alpha value is -4.30. The van der Waals surface area contributed by atoms with Gasteiger partial charge in [-0.3, -0.25) is 0 Å². The summed E-state index contributed by atoms with van der Waals surface area (Å²) < 4.78 is 0. The molecule has 0 heterocycles. The molecule has 2 heteroatoms. The summed E-state index contributed by atoms with van der Waals surface area (Å²) in [4.78, 5) is 4.80. The van der Waals surface area contributed by atoms with Crippen LogP contribution in [0.25, 0.3) is 0 Å². The monoisotopic (exact) mass is 538 g/mol. The van der Waals surface area contributed by atoms with Crippen LogP contribution >= 0.6 is 0 Å². The molecular weight excluding hydrogens is 496 g/mol. The van der Waals surface area contributed by atoms with Crippen LogP contribution in [0.3, 0.4) is 0 Å². The SMILES string of the molecule is CCc1ccc(N(c2ccc(CC)cc2)c2cc(C)cc(N(c3cccc(CC)c3)c3cccc(CC)c3)c2)cc1. The molecule has 0 unspecified atom stereocenters. The summed E-state index contributed by atoms with van der Waals surface area (Å²) in [6.07, 6.45) is 4.07. The van der Waals surface area contributed by atoms with Crippen molar-refractivity contribution in [2.75, 3.05) is 9.80 Å². The number of hydrogen-bond acceptors (Lipinski definition) is 2. The Balaban J connectivity index is 1.70. The highest BCUT2D eigenvalue weighted by Crippen LogP contribution is 2.41. The molecule has 0 N–H and O–H groups in total. The molecule has 0 saturated carbocycles. The van der Waals surface area contributed by atoms with Gasteiger partial charge in [0.2, 0.25) is 0 Å². The van der Waals surface area contributed by atoms with Crippen molar-refractivity contribution in [3.05, 3.63) is 143 Å². The molecule has 41 heavy (non-hydrogen) atoms. The average molecular weight is 539 g/mol. The molecule has 0 fully saturated rings. The minimum Gasteiger partial charge on any atom is -0.310 e. The molecule has 0 aromatic heterocycles. The lowest BCUT2D eigenvalue weighted by Gasteiger charge is -2.30. The Kier molecular flexibility index (Phi) is 8.89. The van der Waals surface area contributed by atoms with Gasteiger partial charge in [-0.05, 0) is 127 Å². The van der Waals surface area contributed by atoms with Crippen LogP contribution in [-0.2, 0) is 25.7 Å². The quantitative estimate of drug-likeness (QED) is 0.174. The van der Waals surface area contributed by atoms with E-state index in [4.69, 9.17) is 0 Å². The Morgan fingerprint density at radius 3 is 1.15 bits per heavy atom. The van der Waals surface area contributed by atoms with E-state index in [9.17, 15) is 0 Å². The molecule has 0 saturated heterocycles. The fraction of sp³-hybridized carbons (Fsp3) is 0.231. The second kappa shape index (κ2) is 12.9. The molecule has 0 aliphatic heterocycles. The van der Waals surface area contributed by atoms with Crippen molar-refractivity contribution in [2.45, 2.75) is 60.3 Å². The molecular formula is C39H42N2. The van der Waals surface area contributed by atoms with E-state index in [0.29, 0.717) is 0 Å². The number of rotatable bonds is 10. The van der Waals surface area contributed by atoms with Crippen molar-refractivity contribution in [1.29, 1.82) is 0 Å². The topological polar surface area (TPSA) is 6.48 Å². The zero-order valence-electron chi connectivity index (χ0n) is 25.2. The second-order valence-corrected chi connectivity index (χ2v) is 10.8. The van der Waals surface area contributed by atoms with E-state index in [0.717, 1.165) is 48.4 Å². The molecule has 5 aromatic carbocycles. The fourth-order valence-corrected chi connectivity index (χ4v) is 5.49. The maximum atomic E-state index is 2.41. The summed E-state index contributed by atoms with van der Waals surface area (Å²) in [5, 5.41) is 0. The highest BCUT2D eigenvalue weighted by Gasteiger charge is 2.18. The second-order valence-electron chi connectivity index (χ2n) is 10.8. The number of anilines is 6. The lowest BCUT2D eigenvalue weighted by Crippen LogP contribution is -2.14. The van der Waals surface area contributed by atoms with Gasteiger partial charge < -0.3 is 9.80 Å². The van der Waals surface area contributed by atoms with E-state index >= 15 is 0 Å². The lowest BCUT2D eigenvalue weighted by atomic mass is 10.1. The van der Waals surface area contributed by atoms with E-state index in [-0.39, 0.29) is 0 Å². The maximum Gasteiger partial charge on any atom is 0.0485 e. The molecule has 0 amide bonds. The molecule has 2 nitrogen and oxygen atoms in total. The smallest absolute Gasteiger partial charge is 0.0485 e. The van der Waals surface area contributed by atoms with Crippen LogP contribution in [-0.4, -0.2) is 0 Å². The minimum absolute atomic E-state index is 1.00. The Bertz CT molecular complexity index is 1490. The third-order valence-electron chi connectivity index (χ3n) is 7.92. The van der Waals surface area contributed by atoms with Crippen LogP contribution in [0.5, 0.6) is 0 Å². The first-order chi connectivity index (χ1) is 20.0. The van der Waals surface area contributed by atoms with E-state index in [1.54, 1.807) is 0 Å². The molecule has 5 rings (SSSR count). The summed E-state index contributed by atoms with van der Waals surface area (Å²) in [5.41, 5.74) is 13.6. The van der Waals surface area contributed by atoms with Gasteiger partial charge >= 0.3 is 0 Å². The van der Waals surface area contributed by atoms with Crippen LogP contribution in [0.4, 0.5) is 34.1 Å². The standard InChI is InChI=1S/C39H42N2/c1-6-30-16-20-34(21-17-30)40(35-22-18-31(7-2)19-23-35)38-24-29(5)25-39(28-38)41(36-14-10-12-32(8-3)26-36)37-15-11-13-33(9-4)27-37/h10-28H,6-9H2,1-5H3. The first-order valence-corrected chi connectivity index (χ1v) is 15.1. The Labute approximate surface area is 246 Å². The molecule has 5 aromatic rings. The predicted molar refractivity (Wildman–Crippen MR) is 178 cm³/mol. The molecule has 0 spiro atoms. The van der Waals surface area contributed by atoms with Crippen LogP contribution in [0, 0.1) is 6.92 Å². The van der Waals surface area contributed by atoms with E-state index in [1.165, 1.54) is 39.2 Å². The van der Waals surface area contributed by atoms with Gasteiger partial charge in [-0.15, -0.1) is 0 Å². The molecule has 0 radical (unpaired) electrons. The van der Waals surface area contributed by atoms with Crippen molar-refractivity contribution in [3.8, 4) is 0 Å². The predicted octanol–water partition coefficient (Wildman–Crippen LogP) is 11.2. The van der Waals surface area contributed by atoms with Gasteiger partial charge in [-0.1, -0.05) is 76.2 Å². The average Bonchev–Trinajstić information content (AvgIpc) is 3.02. The minimum atomic E-state index is 1.00. The van der Waals surface area contributed by atoms with Crippen LogP contribution in [0.2, 0.25) is 0 Å². The van der Waals surface area contributed by atoms with Crippen molar-refractivity contribution >= 4 is 34.1 Å². The fourth-order valence-electron chi connectivity index (χ4n) is 5.49. The summed E-state index contributed by atoms with van der Waals surface area (Å²) >= 11 is 0. The first kappa shape index (κ1) is 28.2. The summed E-state index contributed by atoms with van der Waals surface area (Å²) in [6, 6.07) is 42.8. The highest BCUT2D eigenvalue weighted by molar-refractivity contribution is 5.84. The van der Waals surface area contributed by atoms with Gasteiger partial charge in [-0.25, -0.2) is 0 Å². The van der Waals surface area contributed by atoms with E-state index < -0.39 is 0 Å². The number of benzene rings is 5. The van der Waals surface area contributed by atoms with E-state index in [1.807, 2.05) is 0 Å². The van der Waals surface area contributed by atoms with Gasteiger partial charge in [0.05, 0.1) is 0 Å². The molecule has 0 bridgehead atoms. The van der Waals surface area contributed by atoms with Crippen molar-refractivity contribution < 1.29 is 0 Å². The van der Waals surface area contributed by atoms with Gasteiger partial charge in [-0.2, -0.15) is 0 Å². The first-order valence-electron chi connectivity index (χ1n) is 15.1.